The van der Waals surface area contributed by atoms with Gasteiger partial charge in [-0.25, -0.2) is 0 Å². The van der Waals surface area contributed by atoms with Crippen molar-refractivity contribution in [1.82, 2.24) is 4.57 Å². The van der Waals surface area contributed by atoms with Crippen molar-refractivity contribution >= 4 is 5.97 Å². The van der Waals surface area contributed by atoms with E-state index in [2.05, 4.69) is 0 Å². The average Bonchev–Trinajstić information content (AvgIpc) is 2.87. The van der Waals surface area contributed by atoms with E-state index in [1.807, 2.05) is 0 Å². The van der Waals surface area contributed by atoms with Gasteiger partial charge < -0.3 is 33.7 Å². The third-order valence-electron chi connectivity index (χ3n) is 6.14. The normalized spacial score (nSPS) is 11.6. The van der Waals surface area contributed by atoms with E-state index in [9.17, 15) is 19.8 Å². The zero-order chi connectivity index (χ0) is 26.4. The number of aromatic hydroxyl groups is 2. The number of phenolic OH excluding ortho intramolecular Hbond substituents is 1. The quantitative estimate of drug-likeness (QED) is 0.409. The molecule has 192 valence electrons. The summed E-state index contributed by atoms with van der Waals surface area (Å²) in [5.74, 6) is -0.536. The number of carbonyl (C=O) groups excluding carboxylic acids is 1. The molecule has 0 amide bonds. The highest BCUT2D eigenvalue weighted by atomic mass is 16.5. The molecule has 36 heavy (non-hydrogen) atoms. The van der Waals surface area contributed by atoms with Gasteiger partial charge in [0, 0.05) is 23.7 Å². The number of aryl methyl sites for hydroxylation is 2. The summed E-state index contributed by atoms with van der Waals surface area (Å²) in [7, 11) is 5.65. The lowest BCUT2D eigenvalue weighted by molar-refractivity contribution is -0.140. The minimum Gasteiger partial charge on any atom is -0.508 e. The highest BCUT2D eigenvalue weighted by Gasteiger charge is 2.31. The van der Waals surface area contributed by atoms with Crippen LogP contribution in [0, 0.1) is 6.92 Å². The first-order chi connectivity index (χ1) is 17.2. The number of hydrogen-bond donors (Lipinski definition) is 2. The maximum Gasteiger partial charge on any atom is 0.306 e. The van der Waals surface area contributed by atoms with E-state index in [0.717, 1.165) is 5.56 Å². The number of carbonyl (C=O) groups is 1. The van der Waals surface area contributed by atoms with Crippen LogP contribution in [-0.4, -0.2) is 49.2 Å². The number of pyridine rings is 1. The lowest BCUT2D eigenvalue weighted by Crippen LogP contribution is -2.29. The molecule has 0 fully saturated rings. The van der Waals surface area contributed by atoms with E-state index in [4.69, 9.17) is 18.9 Å². The van der Waals surface area contributed by atoms with Crippen molar-refractivity contribution in [3.05, 3.63) is 75.2 Å². The van der Waals surface area contributed by atoms with Crippen molar-refractivity contribution in [3.63, 3.8) is 0 Å². The number of rotatable bonds is 10. The van der Waals surface area contributed by atoms with Crippen molar-refractivity contribution in [3.8, 4) is 28.7 Å². The molecule has 0 aliphatic heterocycles. The molecule has 1 atom stereocenters. The molecule has 1 heterocycles. The molecule has 0 aliphatic rings. The maximum atomic E-state index is 13.8. The van der Waals surface area contributed by atoms with Crippen LogP contribution in [0.15, 0.2) is 47.3 Å². The largest absolute Gasteiger partial charge is 0.508 e. The van der Waals surface area contributed by atoms with Crippen LogP contribution in [0.2, 0.25) is 0 Å². The molecule has 9 nitrogen and oxygen atoms in total. The summed E-state index contributed by atoms with van der Waals surface area (Å²) < 4.78 is 22.9. The van der Waals surface area contributed by atoms with E-state index < -0.39 is 17.4 Å². The number of esters is 1. The van der Waals surface area contributed by atoms with Gasteiger partial charge in [-0.15, -0.1) is 0 Å². The third kappa shape index (κ3) is 5.40. The first-order valence-electron chi connectivity index (χ1n) is 11.3. The molecule has 1 aromatic heterocycles. The minimum atomic E-state index is -0.889. The fraction of sp³-hybridized carbons (Fsp3) is 0.333. The second-order valence-corrected chi connectivity index (χ2v) is 8.21. The number of nitrogens with zero attached hydrogens (tertiary/aromatic N) is 1. The van der Waals surface area contributed by atoms with Crippen LogP contribution in [0.4, 0.5) is 0 Å². The van der Waals surface area contributed by atoms with Crippen LogP contribution in [0.25, 0.3) is 0 Å². The number of methoxy groups -OCH3 is 4. The van der Waals surface area contributed by atoms with Crippen molar-refractivity contribution in [2.24, 2.45) is 0 Å². The van der Waals surface area contributed by atoms with Gasteiger partial charge in [0.1, 0.15) is 11.5 Å². The lowest BCUT2D eigenvalue weighted by Gasteiger charge is -2.23. The van der Waals surface area contributed by atoms with Crippen LogP contribution < -0.4 is 19.8 Å². The van der Waals surface area contributed by atoms with Crippen LogP contribution in [0.5, 0.6) is 28.7 Å². The van der Waals surface area contributed by atoms with Crippen molar-refractivity contribution in [2.45, 2.75) is 32.2 Å². The maximum absolute atomic E-state index is 13.8. The molecular formula is C27H31NO8. The van der Waals surface area contributed by atoms with Gasteiger partial charge in [0.15, 0.2) is 11.5 Å². The molecule has 0 unspecified atom stereocenters. The van der Waals surface area contributed by atoms with Crippen molar-refractivity contribution < 1.29 is 34.0 Å². The Morgan fingerprint density at radius 1 is 0.944 bits per heavy atom. The molecule has 2 N–H and O–H groups in total. The highest BCUT2D eigenvalue weighted by Crippen LogP contribution is 2.46. The zero-order valence-corrected chi connectivity index (χ0v) is 21.0. The van der Waals surface area contributed by atoms with Gasteiger partial charge in [-0.1, -0.05) is 18.2 Å². The number of benzene rings is 2. The Bertz CT molecular complexity index is 1280. The molecule has 2 aromatic carbocycles. The standard InChI is InChI=1S/C27H31NO8/c1-16-14-21(30)24(27(32)28(16)13-12-17-6-8-18(29)9-7-17)20(15-23(31)34-3)19-10-11-22(33-2)26(36-5)25(19)35-4/h6-11,14,20,29-30H,12-13,15H2,1-5H3/t20-/m1/s1. The first-order valence-corrected chi connectivity index (χ1v) is 11.3. The Labute approximate surface area is 209 Å². The van der Waals surface area contributed by atoms with Crippen LogP contribution in [-0.2, 0) is 22.5 Å². The SMILES string of the molecule is COC(=O)C[C@H](c1ccc(OC)c(OC)c1OC)c1c(O)cc(C)n(CCc2ccc(O)cc2)c1=O. The predicted molar refractivity (Wildman–Crippen MR) is 133 cm³/mol. The van der Waals surface area contributed by atoms with E-state index in [1.54, 1.807) is 47.9 Å². The lowest BCUT2D eigenvalue weighted by atomic mass is 9.87. The van der Waals surface area contributed by atoms with E-state index in [-0.39, 0.29) is 29.2 Å². The van der Waals surface area contributed by atoms with Gasteiger partial charge in [-0.05, 0) is 43.2 Å². The summed E-state index contributed by atoms with van der Waals surface area (Å²) >= 11 is 0. The molecule has 0 saturated heterocycles. The van der Waals surface area contributed by atoms with E-state index in [0.29, 0.717) is 35.7 Å². The smallest absolute Gasteiger partial charge is 0.306 e. The Hall–Kier alpha value is -4.14. The molecule has 3 rings (SSSR count). The Kier molecular flexibility index (Phi) is 8.47. The number of phenols is 1. The van der Waals surface area contributed by atoms with Crippen molar-refractivity contribution in [2.75, 3.05) is 28.4 Å². The molecule has 0 bridgehead atoms. The van der Waals surface area contributed by atoms with Gasteiger partial charge in [-0.3, -0.25) is 9.59 Å². The fourth-order valence-electron chi connectivity index (χ4n) is 4.29. The number of ether oxygens (including phenoxy) is 4. The van der Waals surface area contributed by atoms with E-state index in [1.165, 1.54) is 34.5 Å². The van der Waals surface area contributed by atoms with Gasteiger partial charge in [-0.2, -0.15) is 0 Å². The first kappa shape index (κ1) is 26.5. The van der Waals surface area contributed by atoms with Crippen LogP contribution in [0.1, 0.15) is 34.7 Å². The zero-order valence-electron chi connectivity index (χ0n) is 21.0. The highest BCUT2D eigenvalue weighted by molar-refractivity contribution is 5.72. The average molecular weight is 498 g/mol. The predicted octanol–water partition coefficient (Wildman–Crippen LogP) is 3.53. The second-order valence-electron chi connectivity index (χ2n) is 8.21. The molecule has 0 saturated carbocycles. The molecule has 0 spiro atoms. The summed E-state index contributed by atoms with van der Waals surface area (Å²) in [5, 5.41) is 20.5. The van der Waals surface area contributed by atoms with Crippen LogP contribution >= 0.6 is 0 Å². The van der Waals surface area contributed by atoms with Gasteiger partial charge in [0.25, 0.3) is 5.56 Å². The number of aromatic nitrogens is 1. The van der Waals surface area contributed by atoms with Crippen molar-refractivity contribution in [1.29, 1.82) is 0 Å². The van der Waals surface area contributed by atoms with Crippen LogP contribution in [0.3, 0.4) is 0 Å². The molecular weight excluding hydrogens is 466 g/mol. The fourth-order valence-corrected chi connectivity index (χ4v) is 4.29. The van der Waals surface area contributed by atoms with Gasteiger partial charge in [0.2, 0.25) is 5.75 Å². The molecule has 3 aromatic rings. The summed E-state index contributed by atoms with van der Waals surface area (Å²) in [4.78, 5) is 26.2. The molecule has 9 heteroatoms. The Balaban J connectivity index is 2.17. The topological polar surface area (TPSA) is 116 Å². The van der Waals surface area contributed by atoms with Gasteiger partial charge in [0.05, 0.1) is 40.4 Å². The second kappa shape index (κ2) is 11.5. The molecule has 0 aliphatic carbocycles. The Morgan fingerprint density at radius 2 is 1.61 bits per heavy atom. The minimum absolute atomic E-state index is 0.0437. The summed E-state index contributed by atoms with van der Waals surface area (Å²) in [6.07, 6.45) is 0.304. The van der Waals surface area contributed by atoms with E-state index >= 15 is 0 Å². The van der Waals surface area contributed by atoms with Gasteiger partial charge >= 0.3 is 5.97 Å². The Morgan fingerprint density at radius 3 is 2.19 bits per heavy atom. The monoisotopic (exact) mass is 497 g/mol. The third-order valence-corrected chi connectivity index (χ3v) is 6.14. The number of hydrogen-bond acceptors (Lipinski definition) is 8. The summed E-state index contributed by atoms with van der Waals surface area (Å²) in [6, 6.07) is 11.6. The molecule has 0 radical (unpaired) electrons. The summed E-state index contributed by atoms with van der Waals surface area (Å²) in [6.45, 7) is 2.06. The summed E-state index contributed by atoms with van der Waals surface area (Å²) in [5.41, 5.74) is 1.57.